The van der Waals surface area contributed by atoms with E-state index in [1.54, 1.807) is 0 Å². The zero-order chi connectivity index (χ0) is 19.9. The van der Waals surface area contributed by atoms with Crippen LogP contribution in [0.1, 0.15) is 19.4 Å². The van der Waals surface area contributed by atoms with Crippen LogP contribution in [0.2, 0.25) is 0 Å². The Morgan fingerprint density at radius 1 is 0.929 bits per heavy atom. The second kappa shape index (κ2) is 9.42. The molecule has 2 amide bonds. The van der Waals surface area contributed by atoms with E-state index in [4.69, 9.17) is 0 Å². The first-order chi connectivity index (χ1) is 13.5. The Morgan fingerprint density at radius 3 is 2.36 bits per heavy atom. The smallest absolute Gasteiger partial charge is 0.230 e. The molecule has 0 aromatic heterocycles. The fourth-order valence-electron chi connectivity index (χ4n) is 2.65. The van der Waals surface area contributed by atoms with Gasteiger partial charge in [-0.05, 0) is 40.6 Å². The van der Waals surface area contributed by atoms with Gasteiger partial charge in [-0.2, -0.15) is 0 Å². The van der Waals surface area contributed by atoms with Crippen molar-refractivity contribution >= 4 is 40.0 Å². The number of carbonyl (C=O) groups excluding carboxylic acids is 2. The van der Waals surface area contributed by atoms with Gasteiger partial charge in [-0.3, -0.25) is 9.59 Å². The lowest BCUT2D eigenvalue weighted by Crippen LogP contribution is -2.24. The van der Waals surface area contributed by atoms with Gasteiger partial charge in [0.05, 0.1) is 5.75 Å². The maximum absolute atomic E-state index is 12.2. The van der Waals surface area contributed by atoms with Crippen molar-refractivity contribution in [3.63, 3.8) is 0 Å². The Balaban J connectivity index is 1.46. The third-order valence-electron chi connectivity index (χ3n) is 4.33. The number of nitrogens with one attached hydrogen (secondary N) is 2. The van der Waals surface area contributed by atoms with Crippen LogP contribution >= 0.6 is 11.8 Å². The number of hydrogen-bond acceptors (Lipinski definition) is 3. The topological polar surface area (TPSA) is 58.2 Å². The molecule has 3 aromatic carbocycles. The second-order valence-electron chi connectivity index (χ2n) is 6.92. The average Bonchev–Trinajstić information content (AvgIpc) is 2.71. The van der Waals surface area contributed by atoms with E-state index in [-0.39, 0.29) is 17.7 Å². The van der Waals surface area contributed by atoms with E-state index >= 15 is 0 Å². The summed E-state index contributed by atoms with van der Waals surface area (Å²) in [7, 11) is 0. The largest absolute Gasteiger partial charge is 0.351 e. The lowest BCUT2D eigenvalue weighted by Gasteiger charge is -2.09. The van der Waals surface area contributed by atoms with Crippen LogP contribution in [0.15, 0.2) is 71.6 Å². The van der Waals surface area contributed by atoms with Crippen molar-refractivity contribution in [1.82, 2.24) is 5.32 Å². The van der Waals surface area contributed by atoms with Gasteiger partial charge in [0.15, 0.2) is 0 Å². The van der Waals surface area contributed by atoms with Crippen molar-refractivity contribution in [3.05, 3.63) is 72.3 Å². The van der Waals surface area contributed by atoms with E-state index in [1.807, 2.05) is 56.3 Å². The van der Waals surface area contributed by atoms with Crippen LogP contribution in [0, 0.1) is 5.92 Å². The van der Waals surface area contributed by atoms with Crippen LogP contribution in [0.4, 0.5) is 5.69 Å². The molecule has 2 N–H and O–H groups in total. The quantitative estimate of drug-likeness (QED) is 0.566. The minimum absolute atomic E-state index is 0.00431. The van der Waals surface area contributed by atoms with E-state index in [2.05, 4.69) is 34.9 Å². The summed E-state index contributed by atoms with van der Waals surface area (Å²) < 4.78 is 0. The first-order valence-corrected chi connectivity index (χ1v) is 10.3. The molecule has 0 aliphatic heterocycles. The van der Waals surface area contributed by atoms with Gasteiger partial charge in [0, 0.05) is 23.0 Å². The predicted molar refractivity (Wildman–Crippen MR) is 116 cm³/mol. The molecule has 0 bridgehead atoms. The van der Waals surface area contributed by atoms with E-state index in [0.717, 1.165) is 16.1 Å². The number of anilines is 1. The van der Waals surface area contributed by atoms with Crippen molar-refractivity contribution in [2.45, 2.75) is 25.3 Å². The highest BCUT2D eigenvalue weighted by Crippen LogP contribution is 2.23. The third kappa shape index (κ3) is 5.60. The molecule has 5 heteroatoms. The molecule has 0 atom stereocenters. The molecule has 0 spiro atoms. The molecular formula is C23H24N2O2S. The summed E-state index contributed by atoms with van der Waals surface area (Å²) >= 11 is 1.53. The molecule has 0 radical (unpaired) electrons. The maximum atomic E-state index is 12.2. The average molecular weight is 393 g/mol. The molecule has 0 heterocycles. The van der Waals surface area contributed by atoms with E-state index in [9.17, 15) is 9.59 Å². The number of thioether (sulfide) groups is 1. The zero-order valence-electron chi connectivity index (χ0n) is 16.1. The third-order valence-corrected chi connectivity index (χ3v) is 5.32. The van der Waals surface area contributed by atoms with Gasteiger partial charge < -0.3 is 10.6 Å². The number of carbonyl (C=O) groups is 2. The number of benzene rings is 3. The van der Waals surface area contributed by atoms with Gasteiger partial charge in [0.1, 0.15) is 0 Å². The van der Waals surface area contributed by atoms with Crippen LogP contribution in [-0.2, 0) is 16.1 Å². The molecule has 4 nitrogen and oxygen atoms in total. The van der Waals surface area contributed by atoms with Crippen LogP contribution in [0.5, 0.6) is 0 Å². The highest BCUT2D eigenvalue weighted by Gasteiger charge is 2.07. The summed E-state index contributed by atoms with van der Waals surface area (Å²) in [6.07, 6.45) is 0. The Morgan fingerprint density at radius 2 is 1.64 bits per heavy atom. The van der Waals surface area contributed by atoms with Gasteiger partial charge in [0.2, 0.25) is 11.8 Å². The number of fused-ring (bicyclic) bond motifs is 1. The van der Waals surface area contributed by atoms with Crippen LogP contribution in [0.3, 0.4) is 0 Å². The molecule has 144 valence electrons. The van der Waals surface area contributed by atoms with Crippen molar-refractivity contribution < 1.29 is 9.59 Å². The fraction of sp³-hybridized carbons (Fsp3) is 0.217. The van der Waals surface area contributed by atoms with E-state index in [1.165, 1.54) is 22.5 Å². The van der Waals surface area contributed by atoms with Gasteiger partial charge in [-0.15, -0.1) is 11.8 Å². The van der Waals surface area contributed by atoms with E-state index in [0.29, 0.717) is 12.3 Å². The standard InChI is InChI=1S/C23H24N2O2S/c1-16(2)23(27)25-20-10-7-17(8-11-20)14-24-22(26)15-28-21-12-9-18-5-3-4-6-19(18)13-21/h3-13,16H,14-15H2,1-2H3,(H,24,26)(H,25,27). The monoisotopic (exact) mass is 392 g/mol. The zero-order valence-corrected chi connectivity index (χ0v) is 16.9. The van der Waals surface area contributed by atoms with Crippen molar-refractivity contribution in [2.75, 3.05) is 11.1 Å². The first kappa shape index (κ1) is 20.0. The summed E-state index contributed by atoms with van der Waals surface area (Å²) in [4.78, 5) is 24.9. The lowest BCUT2D eigenvalue weighted by molar-refractivity contribution is -0.119. The molecule has 0 fully saturated rings. The predicted octanol–water partition coefficient (Wildman–Crippen LogP) is 4.84. The van der Waals surface area contributed by atoms with Crippen LogP contribution in [-0.4, -0.2) is 17.6 Å². The van der Waals surface area contributed by atoms with E-state index < -0.39 is 0 Å². The summed E-state index contributed by atoms with van der Waals surface area (Å²) in [6.45, 7) is 4.18. The molecule has 0 aliphatic rings. The van der Waals surface area contributed by atoms with Gasteiger partial charge in [-0.1, -0.05) is 56.3 Å². The number of rotatable bonds is 7. The molecular weight excluding hydrogens is 368 g/mol. The van der Waals surface area contributed by atoms with Crippen molar-refractivity contribution in [3.8, 4) is 0 Å². The Bertz CT molecular complexity index is 968. The molecule has 3 rings (SSSR count). The molecule has 3 aromatic rings. The SMILES string of the molecule is CC(C)C(=O)Nc1ccc(CNC(=O)CSc2ccc3ccccc3c2)cc1. The van der Waals surface area contributed by atoms with Crippen molar-refractivity contribution in [2.24, 2.45) is 5.92 Å². The highest BCUT2D eigenvalue weighted by atomic mass is 32.2. The summed E-state index contributed by atoms with van der Waals surface area (Å²) in [5, 5.41) is 8.17. The summed E-state index contributed by atoms with van der Waals surface area (Å²) in [5.74, 6) is 0.308. The van der Waals surface area contributed by atoms with Gasteiger partial charge in [0.25, 0.3) is 0 Å². The summed E-state index contributed by atoms with van der Waals surface area (Å²) in [6, 6.07) is 22.0. The normalized spacial score (nSPS) is 10.8. The molecule has 0 aliphatic carbocycles. The van der Waals surface area contributed by atoms with Crippen LogP contribution in [0.25, 0.3) is 10.8 Å². The Kier molecular flexibility index (Phi) is 6.71. The first-order valence-electron chi connectivity index (χ1n) is 9.29. The minimum Gasteiger partial charge on any atom is -0.351 e. The van der Waals surface area contributed by atoms with Crippen molar-refractivity contribution in [1.29, 1.82) is 0 Å². The molecule has 0 saturated carbocycles. The second-order valence-corrected chi connectivity index (χ2v) is 7.96. The molecule has 0 unspecified atom stereocenters. The molecule has 28 heavy (non-hydrogen) atoms. The maximum Gasteiger partial charge on any atom is 0.230 e. The fourth-order valence-corrected chi connectivity index (χ4v) is 3.42. The number of amides is 2. The lowest BCUT2D eigenvalue weighted by atomic mass is 10.1. The molecule has 0 saturated heterocycles. The van der Waals surface area contributed by atoms with Gasteiger partial charge >= 0.3 is 0 Å². The van der Waals surface area contributed by atoms with Crippen LogP contribution < -0.4 is 10.6 Å². The highest BCUT2D eigenvalue weighted by molar-refractivity contribution is 8.00. The Hall–Kier alpha value is -2.79. The Labute approximate surface area is 169 Å². The van der Waals surface area contributed by atoms with Gasteiger partial charge in [-0.25, -0.2) is 0 Å². The summed E-state index contributed by atoms with van der Waals surface area (Å²) in [5.41, 5.74) is 1.76. The minimum atomic E-state index is -0.0564. The number of hydrogen-bond donors (Lipinski definition) is 2.